The molecule has 2 aromatic rings. The second-order valence-corrected chi connectivity index (χ2v) is 6.45. The van der Waals surface area contributed by atoms with Gasteiger partial charge in [-0.1, -0.05) is 47.6 Å². The number of amides is 1. The number of carbonyl (C=O) groups is 1. The standard InChI is InChI=1S/C17H13ClFN3OS/c18-14-5-1-12(2-6-14)9-20-21-17-22(16(23)11-24-17)10-13-3-7-15(19)8-4-13/h1-9H,10-11H2/b20-9+,21-17+. The first-order valence-corrected chi connectivity index (χ1v) is 8.52. The molecule has 1 amide bonds. The average molecular weight is 362 g/mol. The summed E-state index contributed by atoms with van der Waals surface area (Å²) in [5, 5.41) is 9.36. The highest BCUT2D eigenvalue weighted by Crippen LogP contribution is 2.22. The number of hydrogen-bond acceptors (Lipinski definition) is 4. The van der Waals surface area contributed by atoms with Gasteiger partial charge in [0.15, 0.2) is 5.17 Å². The van der Waals surface area contributed by atoms with Crippen molar-refractivity contribution in [2.45, 2.75) is 6.54 Å². The molecule has 0 saturated carbocycles. The summed E-state index contributed by atoms with van der Waals surface area (Å²) in [4.78, 5) is 13.6. The van der Waals surface area contributed by atoms with E-state index in [9.17, 15) is 9.18 Å². The van der Waals surface area contributed by atoms with E-state index in [0.29, 0.717) is 22.5 Å². The van der Waals surface area contributed by atoms with Crippen LogP contribution in [0.4, 0.5) is 4.39 Å². The molecule has 2 aromatic carbocycles. The van der Waals surface area contributed by atoms with E-state index in [-0.39, 0.29) is 11.7 Å². The fourth-order valence-corrected chi connectivity index (χ4v) is 3.06. The Morgan fingerprint density at radius 3 is 2.58 bits per heavy atom. The summed E-state index contributed by atoms with van der Waals surface area (Å²) in [6.07, 6.45) is 1.60. The van der Waals surface area contributed by atoms with Crippen molar-refractivity contribution in [1.29, 1.82) is 0 Å². The average Bonchev–Trinajstić information content (AvgIpc) is 2.92. The molecule has 1 heterocycles. The van der Waals surface area contributed by atoms with Crippen LogP contribution in [-0.4, -0.2) is 27.9 Å². The molecule has 24 heavy (non-hydrogen) atoms. The van der Waals surface area contributed by atoms with Gasteiger partial charge in [-0.15, -0.1) is 5.10 Å². The van der Waals surface area contributed by atoms with Crippen LogP contribution in [0, 0.1) is 5.82 Å². The second-order valence-electron chi connectivity index (χ2n) is 5.07. The highest BCUT2D eigenvalue weighted by atomic mass is 35.5. The van der Waals surface area contributed by atoms with Crippen LogP contribution in [0.1, 0.15) is 11.1 Å². The van der Waals surface area contributed by atoms with Crippen LogP contribution >= 0.6 is 23.4 Å². The van der Waals surface area contributed by atoms with E-state index in [4.69, 9.17) is 11.6 Å². The number of thioether (sulfide) groups is 1. The lowest BCUT2D eigenvalue weighted by Gasteiger charge is -2.15. The predicted octanol–water partition coefficient (Wildman–Crippen LogP) is 3.94. The monoisotopic (exact) mass is 361 g/mol. The first-order valence-electron chi connectivity index (χ1n) is 7.16. The van der Waals surface area contributed by atoms with E-state index in [0.717, 1.165) is 11.1 Å². The normalized spacial score (nSPS) is 16.5. The fraction of sp³-hybridized carbons (Fsp3) is 0.118. The third-order valence-electron chi connectivity index (χ3n) is 3.33. The molecule has 1 aliphatic heterocycles. The van der Waals surface area contributed by atoms with Crippen LogP contribution in [0.5, 0.6) is 0 Å². The molecular formula is C17H13ClFN3OS. The van der Waals surface area contributed by atoms with Crippen molar-refractivity contribution < 1.29 is 9.18 Å². The minimum Gasteiger partial charge on any atom is -0.285 e. The van der Waals surface area contributed by atoms with Crippen molar-refractivity contribution in [1.82, 2.24) is 4.90 Å². The minimum atomic E-state index is -0.303. The molecule has 122 valence electrons. The quantitative estimate of drug-likeness (QED) is 0.611. The SMILES string of the molecule is O=C1CS/C(=N/N=C/c2ccc(Cl)cc2)N1Cc1ccc(F)cc1. The molecule has 0 spiro atoms. The van der Waals surface area contributed by atoms with Gasteiger partial charge in [-0.3, -0.25) is 9.69 Å². The first-order chi connectivity index (χ1) is 11.6. The van der Waals surface area contributed by atoms with Gasteiger partial charge in [-0.05, 0) is 35.4 Å². The Bertz CT molecular complexity index is 790. The summed E-state index contributed by atoms with van der Waals surface area (Å²) in [5.41, 5.74) is 1.70. The summed E-state index contributed by atoms with van der Waals surface area (Å²) in [6, 6.07) is 13.2. The van der Waals surface area contributed by atoms with Gasteiger partial charge in [0.25, 0.3) is 0 Å². The third-order valence-corrected chi connectivity index (χ3v) is 4.53. The zero-order chi connectivity index (χ0) is 16.9. The van der Waals surface area contributed by atoms with E-state index < -0.39 is 0 Å². The number of hydrogen-bond donors (Lipinski definition) is 0. The van der Waals surface area contributed by atoms with Gasteiger partial charge in [0.1, 0.15) is 5.82 Å². The zero-order valence-corrected chi connectivity index (χ0v) is 14.1. The molecule has 0 aliphatic carbocycles. The number of nitrogens with zero attached hydrogens (tertiary/aromatic N) is 3. The third kappa shape index (κ3) is 4.21. The topological polar surface area (TPSA) is 45.0 Å². The summed E-state index contributed by atoms with van der Waals surface area (Å²) < 4.78 is 13.0. The number of rotatable bonds is 4. The smallest absolute Gasteiger partial charge is 0.239 e. The van der Waals surface area contributed by atoms with Crippen LogP contribution in [0.25, 0.3) is 0 Å². The van der Waals surface area contributed by atoms with Crippen molar-refractivity contribution in [2.24, 2.45) is 10.2 Å². The molecule has 1 saturated heterocycles. The van der Waals surface area contributed by atoms with Crippen LogP contribution in [-0.2, 0) is 11.3 Å². The Morgan fingerprint density at radius 1 is 1.17 bits per heavy atom. The van der Waals surface area contributed by atoms with Gasteiger partial charge in [0.05, 0.1) is 18.5 Å². The molecule has 3 rings (SSSR count). The molecule has 0 atom stereocenters. The first kappa shape index (κ1) is 16.7. The van der Waals surface area contributed by atoms with Crippen molar-refractivity contribution in [3.8, 4) is 0 Å². The van der Waals surface area contributed by atoms with Crippen LogP contribution in [0.15, 0.2) is 58.7 Å². The Labute approximate surface area is 148 Å². The lowest BCUT2D eigenvalue weighted by molar-refractivity contribution is -0.124. The maximum atomic E-state index is 13.0. The summed E-state index contributed by atoms with van der Waals surface area (Å²) in [7, 11) is 0. The Morgan fingerprint density at radius 2 is 1.88 bits per heavy atom. The van der Waals surface area contributed by atoms with Crippen LogP contribution in [0.2, 0.25) is 5.02 Å². The number of carbonyl (C=O) groups excluding carboxylic acids is 1. The van der Waals surface area contributed by atoms with Gasteiger partial charge < -0.3 is 0 Å². The van der Waals surface area contributed by atoms with E-state index >= 15 is 0 Å². The fourth-order valence-electron chi connectivity index (χ4n) is 2.09. The molecule has 0 N–H and O–H groups in total. The maximum Gasteiger partial charge on any atom is 0.239 e. The molecule has 0 bridgehead atoms. The molecule has 7 heteroatoms. The number of halogens is 2. The summed E-state index contributed by atoms with van der Waals surface area (Å²) in [5.74, 6) is -0.0108. The minimum absolute atomic E-state index is 0.0373. The Hall–Kier alpha value is -2.18. The van der Waals surface area contributed by atoms with Crippen LogP contribution < -0.4 is 0 Å². The van der Waals surface area contributed by atoms with Crippen molar-refractivity contribution >= 4 is 40.7 Å². The largest absolute Gasteiger partial charge is 0.285 e. The molecule has 0 unspecified atom stereocenters. The second kappa shape index (κ2) is 7.59. The van der Waals surface area contributed by atoms with Crippen molar-refractivity contribution in [3.63, 3.8) is 0 Å². The Balaban J connectivity index is 1.72. The maximum absolute atomic E-state index is 13.0. The van der Waals surface area contributed by atoms with Crippen molar-refractivity contribution in [2.75, 3.05) is 5.75 Å². The highest BCUT2D eigenvalue weighted by Gasteiger charge is 2.28. The van der Waals surface area contributed by atoms with E-state index in [1.807, 2.05) is 12.1 Å². The van der Waals surface area contributed by atoms with Gasteiger partial charge >= 0.3 is 0 Å². The highest BCUT2D eigenvalue weighted by molar-refractivity contribution is 8.15. The van der Waals surface area contributed by atoms with E-state index in [1.165, 1.54) is 23.9 Å². The lowest BCUT2D eigenvalue weighted by atomic mass is 10.2. The molecule has 0 radical (unpaired) electrons. The predicted molar refractivity (Wildman–Crippen MR) is 95.9 cm³/mol. The van der Waals surface area contributed by atoms with Crippen molar-refractivity contribution in [3.05, 3.63) is 70.5 Å². The molecule has 1 fully saturated rings. The van der Waals surface area contributed by atoms with E-state index in [2.05, 4.69) is 10.2 Å². The molecule has 0 aromatic heterocycles. The number of amidine groups is 1. The zero-order valence-electron chi connectivity index (χ0n) is 12.5. The Kier molecular flexibility index (Phi) is 5.27. The van der Waals surface area contributed by atoms with Gasteiger partial charge in [-0.2, -0.15) is 5.10 Å². The summed E-state index contributed by atoms with van der Waals surface area (Å²) in [6.45, 7) is 0.349. The lowest BCUT2D eigenvalue weighted by Crippen LogP contribution is -2.28. The van der Waals surface area contributed by atoms with Gasteiger partial charge in [0.2, 0.25) is 5.91 Å². The van der Waals surface area contributed by atoms with Gasteiger partial charge in [-0.25, -0.2) is 4.39 Å². The van der Waals surface area contributed by atoms with E-state index in [1.54, 1.807) is 35.4 Å². The molecular weight excluding hydrogens is 349 g/mol. The summed E-state index contributed by atoms with van der Waals surface area (Å²) >= 11 is 7.16. The van der Waals surface area contributed by atoms with Gasteiger partial charge in [0, 0.05) is 5.02 Å². The molecule has 1 aliphatic rings. The van der Waals surface area contributed by atoms with Crippen LogP contribution in [0.3, 0.4) is 0 Å². The molecule has 4 nitrogen and oxygen atoms in total. The number of benzene rings is 2.